The Labute approximate surface area is 171 Å². The van der Waals surface area contributed by atoms with Crippen LogP contribution in [0, 0.1) is 25.7 Å². The quantitative estimate of drug-likeness (QED) is 0.814. The van der Waals surface area contributed by atoms with E-state index >= 15 is 0 Å². The van der Waals surface area contributed by atoms with Crippen molar-refractivity contribution >= 4 is 33.3 Å². The first kappa shape index (κ1) is 19.6. The van der Waals surface area contributed by atoms with Crippen molar-refractivity contribution in [2.24, 2.45) is 11.8 Å². The molecular weight excluding hydrogens is 368 g/mol. The summed E-state index contributed by atoms with van der Waals surface area (Å²) in [5, 5.41) is 4.54. The van der Waals surface area contributed by atoms with E-state index in [2.05, 4.69) is 41.0 Å². The molecule has 1 N–H and O–H groups in total. The molecule has 1 amide bonds. The Morgan fingerprint density at radius 2 is 1.86 bits per heavy atom. The summed E-state index contributed by atoms with van der Waals surface area (Å²) in [6.45, 7) is 8.37. The summed E-state index contributed by atoms with van der Waals surface area (Å²) < 4.78 is 0. The highest BCUT2D eigenvalue weighted by atomic mass is 32.1. The Morgan fingerprint density at radius 3 is 2.54 bits per heavy atom. The number of hydrogen-bond acceptors (Lipinski definition) is 5. The van der Waals surface area contributed by atoms with Crippen molar-refractivity contribution in [2.75, 3.05) is 18.0 Å². The summed E-state index contributed by atoms with van der Waals surface area (Å²) in [6, 6.07) is 0.395. The lowest BCUT2D eigenvalue weighted by atomic mass is 9.84. The molecule has 0 atom stereocenters. The van der Waals surface area contributed by atoms with Crippen LogP contribution in [0.1, 0.15) is 62.3 Å². The molecule has 4 rings (SSSR count). The number of rotatable bonds is 4. The molecule has 5 nitrogen and oxygen atoms in total. The predicted molar refractivity (Wildman–Crippen MR) is 116 cm³/mol. The minimum atomic E-state index is 0.141. The molecule has 28 heavy (non-hydrogen) atoms. The molecule has 1 aliphatic heterocycles. The zero-order valence-electron chi connectivity index (χ0n) is 17.3. The van der Waals surface area contributed by atoms with E-state index < -0.39 is 0 Å². The zero-order valence-corrected chi connectivity index (χ0v) is 18.1. The van der Waals surface area contributed by atoms with Gasteiger partial charge in [0.05, 0.1) is 5.39 Å². The smallest absolute Gasteiger partial charge is 0.223 e. The van der Waals surface area contributed by atoms with Gasteiger partial charge in [-0.25, -0.2) is 9.97 Å². The number of aromatic nitrogens is 2. The van der Waals surface area contributed by atoms with Gasteiger partial charge in [-0.15, -0.1) is 11.3 Å². The normalized spacial score (nSPS) is 23.9. The van der Waals surface area contributed by atoms with E-state index in [1.807, 2.05) is 0 Å². The molecule has 0 aromatic carbocycles. The van der Waals surface area contributed by atoms with E-state index in [0.717, 1.165) is 55.3 Å². The summed E-state index contributed by atoms with van der Waals surface area (Å²) in [4.78, 5) is 26.6. The minimum absolute atomic E-state index is 0.141. The maximum atomic E-state index is 12.8. The maximum Gasteiger partial charge on any atom is 0.223 e. The van der Waals surface area contributed by atoms with Crippen molar-refractivity contribution in [3.8, 4) is 0 Å². The van der Waals surface area contributed by atoms with Crippen LogP contribution in [0.4, 0.5) is 5.82 Å². The number of hydrogen-bond donors (Lipinski definition) is 1. The van der Waals surface area contributed by atoms with E-state index in [9.17, 15) is 4.79 Å². The fourth-order valence-corrected chi connectivity index (χ4v) is 5.78. The molecular formula is C22H32N4OS. The lowest BCUT2D eigenvalue weighted by molar-refractivity contribution is -0.126. The molecule has 152 valence electrons. The summed E-state index contributed by atoms with van der Waals surface area (Å²) in [5.41, 5.74) is 1.29. The third-order valence-electron chi connectivity index (χ3n) is 6.88. The molecule has 0 unspecified atom stereocenters. The number of carbonyl (C=O) groups is 1. The van der Waals surface area contributed by atoms with Crippen LogP contribution in [0.25, 0.3) is 10.2 Å². The molecule has 0 bridgehead atoms. The molecule has 6 heteroatoms. The highest BCUT2D eigenvalue weighted by molar-refractivity contribution is 7.18. The largest absolute Gasteiger partial charge is 0.356 e. The van der Waals surface area contributed by atoms with Gasteiger partial charge in [0, 0.05) is 29.9 Å². The fourth-order valence-electron chi connectivity index (χ4n) is 4.79. The number of piperidine rings is 1. The van der Waals surface area contributed by atoms with E-state index in [1.54, 1.807) is 17.7 Å². The van der Waals surface area contributed by atoms with Gasteiger partial charge < -0.3 is 10.2 Å². The molecule has 1 aliphatic carbocycles. The van der Waals surface area contributed by atoms with E-state index in [4.69, 9.17) is 0 Å². The molecule has 2 aliphatic rings. The van der Waals surface area contributed by atoms with Gasteiger partial charge in [-0.3, -0.25) is 4.79 Å². The Balaban J connectivity index is 1.36. The topological polar surface area (TPSA) is 58.1 Å². The monoisotopic (exact) mass is 400 g/mol. The Bertz CT molecular complexity index is 832. The van der Waals surface area contributed by atoms with Crippen LogP contribution in [0.15, 0.2) is 6.33 Å². The first-order valence-corrected chi connectivity index (χ1v) is 11.6. The number of amides is 1. The van der Waals surface area contributed by atoms with Crippen LogP contribution < -0.4 is 10.2 Å². The van der Waals surface area contributed by atoms with Crippen molar-refractivity contribution in [3.63, 3.8) is 0 Å². The van der Waals surface area contributed by atoms with E-state index in [0.29, 0.717) is 6.04 Å². The van der Waals surface area contributed by atoms with Crippen LogP contribution >= 0.6 is 11.3 Å². The van der Waals surface area contributed by atoms with Gasteiger partial charge in [-0.05, 0) is 63.9 Å². The van der Waals surface area contributed by atoms with Crippen molar-refractivity contribution < 1.29 is 4.79 Å². The summed E-state index contributed by atoms with van der Waals surface area (Å²) in [5.74, 6) is 2.33. The van der Waals surface area contributed by atoms with Gasteiger partial charge in [-0.2, -0.15) is 0 Å². The third-order valence-corrected chi connectivity index (χ3v) is 8.00. The molecule has 0 spiro atoms. The van der Waals surface area contributed by atoms with Gasteiger partial charge in [0.2, 0.25) is 5.91 Å². The third kappa shape index (κ3) is 3.88. The molecule has 3 heterocycles. The van der Waals surface area contributed by atoms with Crippen LogP contribution in [-0.4, -0.2) is 35.0 Å². The van der Waals surface area contributed by atoms with Crippen LogP contribution in [0.5, 0.6) is 0 Å². The van der Waals surface area contributed by atoms with Gasteiger partial charge in [0.25, 0.3) is 0 Å². The Hall–Kier alpha value is -1.69. The molecule has 1 saturated carbocycles. The zero-order chi connectivity index (χ0) is 19.7. The van der Waals surface area contributed by atoms with Crippen molar-refractivity contribution in [3.05, 3.63) is 16.8 Å². The van der Waals surface area contributed by atoms with Crippen LogP contribution in [-0.2, 0) is 4.79 Å². The Morgan fingerprint density at radius 1 is 1.14 bits per heavy atom. The van der Waals surface area contributed by atoms with Crippen molar-refractivity contribution in [2.45, 2.75) is 71.8 Å². The second kappa shape index (κ2) is 8.36. The van der Waals surface area contributed by atoms with Crippen LogP contribution in [0.2, 0.25) is 0 Å². The number of nitrogens with one attached hydrogen (secondary N) is 1. The summed E-state index contributed by atoms with van der Waals surface area (Å²) in [7, 11) is 0. The minimum Gasteiger partial charge on any atom is -0.356 e. The van der Waals surface area contributed by atoms with Gasteiger partial charge in [-0.1, -0.05) is 13.3 Å². The standard InChI is InChI=1S/C22H32N4OS/c1-4-16-5-7-18(8-6-16)25-21(27)17-9-11-26(12-10-17)20-19-14(2)15(3)28-22(19)24-13-23-20/h13,16-18H,4-12H2,1-3H3,(H,25,27). The molecule has 2 fully saturated rings. The summed E-state index contributed by atoms with van der Waals surface area (Å²) in [6.07, 6.45) is 9.61. The van der Waals surface area contributed by atoms with E-state index in [1.165, 1.54) is 35.1 Å². The molecule has 2 aromatic rings. The first-order valence-electron chi connectivity index (χ1n) is 10.8. The first-order chi connectivity index (χ1) is 13.6. The SMILES string of the molecule is CCC1CCC(NC(=O)C2CCN(c3ncnc4sc(C)c(C)c34)CC2)CC1. The lowest BCUT2D eigenvalue weighted by Crippen LogP contribution is -2.45. The average molecular weight is 401 g/mol. The number of nitrogens with zero attached hydrogens (tertiary/aromatic N) is 3. The second-order valence-corrected chi connectivity index (χ2v) is 9.76. The predicted octanol–water partition coefficient (Wildman–Crippen LogP) is 4.61. The highest BCUT2D eigenvalue weighted by Crippen LogP contribution is 2.35. The van der Waals surface area contributed by atoms with Gasteiger partial charge >= 0.3 is 0 Å². The van der Waals surface area contributed by atoms with E-state index in [-0.39, 0.29) is 11.8 Å². The average Bonchev–Trinajstić information content (AvgIpc) is 3.02. The van der Waals surface area contributed by atoms with Crippen molar-refractivity contribution in [1.29, 1.82) is 0 Å². The number of anilines is 1. The lowest BCUT2D eigenvalue weighted by Gasteiger charge is -2.34. The Kier molecular flexibility index (Phi) is 5.85. The van der Waals surface area contributed by atoms with Crippen molar-refractivity contribution in [1.82, 2.24) is 15.3 Å². The summed E-state index contributed by atoms with van der Waals surface area (Å²) >= 11 is 1.74. The number of fused-ring (bicyclic) bond motifs is 1. The van der Waals surface area contributed by atoms with Crippen LogP contribution in [0.3, 0.4) is 0 Å². The molecule has 2 aromatic heterocycles. The fraction of sp³-hybridized carbons (Fsp3) is 0.682. The van der Waals surface area contributed by atoms with Gasteiger partial charge in [0.1, 0.15) is 17.0 Å². The molecule has 1 saturated heterocycles. The molecule has 0 radical (unpaired) electrons. The number of carbonyl (C=O) groups excluding carboxylic acids is 1. The van der Waals surface area contributed by atoms with Gasteiger partial charge in [0.15, 0.2) is 0 Å². The number of aryl methyl sites for hydroxylation is 2. The second-order valence-electron chi connectivity index (χ2n) is 8.56. The number of thiophene rings is 1. The maximum absolute atomic E-state index is 12.8. The highest BCUT2D eigenvalue weighted by Gasteiger charge is 2.29.